The Morgan fingerprint density at radius 1 is 1.53 bits per heavy atom. The summed E-state index contributed by atoms with van der Waals surface area (Å²) in [6.07, 6.45) is -0.442. The Morgan fingerprint density at radius 3 is 2.59 bits per heavy atom. The summed E-state index contributed by atoms with van der Waals surface area (Å²) in [5, 5.41) is 17.8. The van der Waals surface area contributed by atoms with Gasteiger partial charge in [0.05, 0.1) is 12.7 Å². The van der Waals surface area contributed by atoms with Crippen molar-refractivity contribution < 1.29 is 14.6 Å². The van der Waals surface area contributed by atoms with Crippen molar-refractivity contribution in [1.29, 1.82) is 5.26 Å². The highest BCUT2D eigenvalue weighted by Crippen LogP contribution is 2.23. The molecule has 1 aromatic carbocycles. The first-order valence-electron chi connectivity index (χ1n) is 5.31. The van der Waals surface area contributed by atoms with Crippen LogP contribution in [0.1, 0.15) is 25.5 Å². The van der Waals surface area contributed by atoms with Gasteiger partial charge < -0.3 is 9.84 Å². The fourth-order valence-corrected chi connectivity index (χ4v) is 1.23. The average Bonchev–Trinajstić information content (AvgIpc) is 2.38. The summed E-state index contributed by atoms with van der Waals surface area (Å²) < 4.78 is 5.16. The van der Waals surface area contributed by atoms with Gasteiger partial charge in [-0.3, -0.25) is 4.79 Å². The first kappa shape index (κ1) is 13.2. The normalized spacial score (nSPS) is 15.4. The van der Waals surface area contributed by atoms with E-state index < -0.39 is 24.1 Å². The quantitative estimate of drug-likeness (QED) is 0.805. The first-order valence-corrected chi connectivity index (χ1v) is 5.31. The molecule has 0 spiro atoms. The van der Waals surface area contributed by atoms with E-state index in [1.54, 1.807) is 13.0 Å². The zero-order valence-electron chi connectivity index (χ0n) is 9.88. The minimum Gasteiger partial charge on any atom is -0.457 e. The van der Waals surface area contributed by atoms with Gasteiger partial charge in [-0.15, -0.1) is 0 Å². The maximum atomic E-state index is 11.7. The third kappa shape index (κ3) is 3.05. The van der Waals surface area contributed by atoms with Gasteiger partial charge >= 0.3 is 5.97 Å². The van der Waals surface area contributed by atoms with Crippen LogP contribution in [0, 0.1) is 16.7 Å². The molecular weight excluding hydrogens is 218 g/mol. The lowest BCUT2D eigenvalue weighted by Crippen LogP contribution is -2.32. The molecule has 90 valence electrons. The van der Waals surface area contributed by atoms with E-state index in [0.29, 0.717) is 0 Å². The lowest BCUT2D eigenvalue weighted by Gasteiger charge is -2.20. The van der Waals surface area contributed by atoms with E-state index in [4.69, 9.17) is 15.1 Å². The molecule has 0 aliphatic carbocycles. The number of hydrogen-bond donors (Lipinski definition) is 1. The molecule has 1 aromatic rings. The molecule has 0 bridgehead atoms. The highest BCUT2D eigenvalue weighted by atomic mass is 16.5. The van der Waals surface area contributed by atoms with Gasteiger partial charge in [0.1, 0.15) is 6.10 Å². The topological polar surface area (TPSA) is 70.3 Å². The predicted octanol–water partition coefficient (Wildman–Crippen LogP) is 1.81. The van der Waals surface area contributed by atoms with Crippen molar-refractivity contribution in [2.45, 2.75) is 20.0 Å². The minimum atomic E-state index is -1.50. The van der Waals surface area contributed by atoms with Crippen LogP contribution in [0.2, 0.25) is 0 Å². The molecule has 0 aliphatic rings. The third-order valence-electron chi connectivity index (χ3n) is 2.57. The highest BCUT2D eigenvalue weighted by molar-refractivity contribution is 5.79. The molecule has 0 amide bonds. The predicted molar refractivity (Wildman–Crippen MR) is 61.8 cm³/mol. The lowest BCUT2D eigenvalue weighted by molar-refractivity contribution is -0.158. The fraction of sp³-hybridized carbons (Fsp3) is 0.385. The molecule has 0 heterocycles. The second kappa shape index (κ2) is 5.46. The van der Waals surface area contributed by atoms with Crippen molar-refractivity contribution in [3.05, 3.63) is 35.9 Å². The monoisotopic (exact) mass is 233 g/mol. The Hall–Kier alpha value is -1.86. The molecule has 0 fully saturated rings. The number of esters is 1. The number of aliphatic hydroxyl groups is 1. The van der Waals surface area contributed by atoms with Crippen molar-refractivity contribution in [2.75, 3.05) is 6.61 Å². The summed E-state index contributed by atoms with van der Waals surface area (Å²) in [5.74, 6) is -0.709. The molecule has 0 aromatic heterocycles. The molecule has 1 rings (SSSR count). The maximum Gasteiger partial charge on any atom is 0.329 e. The summed E-state index contributed by atoms with van der Waals surface area (Å²) in [6, 6.07) is 11.0. The highest BCUT2D eigenvalue weighted by Gasteiger charge is 2.35. The number of carbonyl (C=O) groups excluding carboxylic acids is 1. The zero-order valence-corrected chi connectivity index (χ0v) is 9.88. The van der Waals surface area contributed by atoms with Crippen LogP contribution in [-0.2, 0) is 9.53 Å². The smallest absolute Gasteiger partial charge is 0.329 e. The minimum absolute atomic E-state index is 0.442. The summed E-state index contributed by atoms with van der Waals surface area (Å²) in [6.45, 7) is 2.53. The molecule has 1 unspecified atom stereocenters. The average molecular weight is 233 g/mol. The van der Waals surface area contributed by atoms with Crippen LogP contribution in [0.25, 0.3) is 0 Å². The van der Waals surface area contributed by atoms with E-state index in [2.05, 4.69) is 0 Å². The molecule has 2 atom stereocenters. The van der Waals surface area contributed by atoms with Crippen molar-refractivity contribution in [3.63, 3.8) is 0 Å². The molecule has 0 saturated carbocycles. The number of hydrogen-bond acceptors (Lipinski definition) is 4. The van der Waals surface area contributed by atoms with Gasteiger partial charge in [-0.1, -0.05) is 30.3 Å². The molecule has 4 heteroatoms. The van der Waals surface area contributed by atoms with Crippen LogP contribution in [0.3, 0.4) is 0 Å². The van der Waals surface area contributed by atoms with Crippen molar-refractivity contribution in [1.82, 2.24) is 0 Å². The van der Waals surface area contributed by atoms with Gasteiger partial charge in [0, 0.05) is 0 Å². The van der Waals surface area contributed by atoms with Crippen LogP contribution in [0.15, 0.2) is 30.3 Å². The second-order valence-electron chi connectivity index (χ2n) is 4.06. The fourth-order valence-electron chi connectivity index (χ4n) is 1.23. The number of nitrogens with zero attached hydrogens (tertiary/aromatic N) is 1. The molecule has 4 nitrogen and oxygen atoms in total. The van der Waals surface area contributed by atoms with Crippen LogP contribution in [0.5, 0.6) is 0 Å². The molecule has 0 radical (unpaired) electrons. The van der Waals surface area contributed by atoms with Gasteiger partial charge in [-0.05, 0) is 19.4 Å². The van der Waals surface area contributed by atoms with Gasteiger partial charge in [0.2, 0.25) is 0 Å². The van der Waals surface area contributed by atoms with E-state index in [1.165, 1.54) is 6.92 Å². The standard InChI is InChI=1S/C13H15NO3/c1-10(11-6-4-3-5-7-11)17-12(16)13(2,8-14)9-15/h3-7,10,15H,9H2,1-2H3/t10-,13?/m1/s1. The Balaban J connectivity index is 2.74. The molecule has 0 saturated heterocycles. The van der Waals surface area contributed by atoms with Crippen LogP contribution in [0.4, 0.5) is 0 Å². The second-order valence-corrected chi connectivity index (χ2v) is 4.06. The van der Waals surface area contributed by atoms with Gasteiger partial charge in [0.25, 0.3) is 0 Å². The van der Waals surface area contributed by atoms with E-state index >= 15 is 0 Å². The molecular formula is C13H15NO3. The number of nitriles is 1. The Morgan fingerprint density at radius 2 is 2.12 bits per heavy atom. The van der Waals surface area contributed by atoms with Crippen LogP contribution >= 0.6 is 0 Å². The third-order valence-corrected chi connectivity index (χ3v) is 2.57. The Kier molecular flexibility index (Phi) is 4.24. The SMILES string of the molecule is C[C@@H](OC(=O)C(C)(C#N)CO)c1ccccc1. The van der Waals surface area contributed by atoms with Gasteiger partial charge in [-0.25, -0.2) is 0 Å². The number of aliphatic hydroxyl groups excluding tert-OH is 1. The summed E-state index contributed by atoms with van der Waals surface area (Å²) in [5.41, 5.74) is -0.651. The van der Waals surface area contributed by atoms with E-state index in [-0.39, 0.29) is 0 Å². The van der Waals surface area contributed by atoms with Gasteiger partial charge in [-0.2, -0.15) is 5.26 Å². The number of rotatable bonds is 4. The number of ether oxygens (including phenoxy) is 1. The number of benzene rings is 1. The van der Waals surface area contributed by atoms with Crippen molar-refractivity contribution in [2.24, 2.45) is 5.41 Å². The Bertz CT molecular complexity index is 424. The lowest BCUT2D eigenvalue weighted by atomic mass is 9.94. The van der Waals surface area contributed by atoms with E-state index in [1.807, 2.05) is 30.3 Å². The summed E-state index contributed by atoms with van der Waals surface area (Å²) in [7, 11) is 0. The number of carbonyl (C=O) groups is 1. The Labute approximate surface area is 100 Å². The summed E-state index contributed by atoms with van der Waals surface area (Å²) >= 11 is 0. The first-order chi connectivity index (χ1) is 8.03. The zero-order chi connectivity index (χ0) is 12.9. The summed E-state index contributed by atoms with van der Waals surface area (Å²) in [4.78, 5) is 11.7. The van der Waals surface area contributed by atoms with E-state index in [9.17, 15) is 4.79 Å². The molecule has 17 heavy (non-hydrogen) atoms. The van der Waals surface area contributed by atoms with Crippen LogP contribution < -0.4 is 0 Å². The van der Waals surface area contributed by atoms with Crippen molar-refractivity contribution in [3.8, 4) is 6.07 Å². The van der Waals surface area contributed by atoms with E-state index in [0.717, 1.165) is 5.56 Å². The van der Waals surface area contributed by atoms with Crippen molar-refractivity contribution >= 4 is 5.97 Å². The van der Waals surface area contributed by atoms with Gasteiger partial charge in [0.15, 0.2) is 5.41 Å². The molecule has 0 aliphatic heterocycles. The largest absolute Gasteiger partial charge is 0.457 e. The molecule has 1 N–H and O–H groups in total. The van der Waals surface area contributed by atoms with Crippen LogP contribution in [-0.4, -0.2) is 17.7 Å². The maximum absolute atomic E-state index is 11.7.